The molecule has 2 unspecified atom stereocenters. The molecular formula is C21H23N5O5S2. The molecule has 2 aliphatic rings. The molecule has 10 nitrogen and oxygen atoms in total. The van der Waals surface area contributed by atoms with Crippen molar-refractivity contribution in [3.05, 3.63) is 53.5 Å². The molecule has 2 amide bonds. The minimum absolute atomic E-state index is 0.0547. The summed E-state index contributed by atoms with van der Waals surface area (Å²) in [5.74, 6) is -1.66. The van der Waals surface area contributed by atoms with Crippen molar-refractivity contribution in [2.24, 2.45) is 0 Å². The van der Waals surface area contributed by atoms with Crippen LogP contribution in [-0.2, 0) is 14.4 Å². The van der Waals surface area contributed by atoms with Crippen molar-refractivity contribution in [2.45, 2.75) is 42.6 Å². The van der Waals surface area contributed by atoms with Crippen LogP contribution in [0.1, 0.15) is 31.6 Å². The Kier molecular flexibility index (Phi) is 6.77. The SMILES string of the molecule is CC(C)n1cnnc1SCC1=C(C(=O)O)N2C(=O)C(NC(=O)C(O)c3ccccc3)[C@@H]2SC1. The van der Waals surface area contributed by atoms with Gasteiger partial charge in [-0.25, -0.2) is 4.79 Å². The molecule has 2 aromatic rings. The topological polar surface area (TPSA) is 138 Å². The molecule has 1 aromatic heterocycles. The number of β-lactam (4-membered cyclic amide) rings is 1. The number of carbonyl (C=O) groups excluding carboxylic acids is 2. The zero-order valence-corrected chi connectivity index (χ0v) is 19.5. The average molecular weight is 490 g/mol. The van der Waals surface area contributed by atoms with Crippen LogP contribution in [0.15, 0.2) is 53.1 Å². The van der Waals surface area contributed by atoms with Crippen molar-refractivity contribution in [2.75, 3.05) is 11.5 Å². The predicted molar refractivity (Wildman–Crippen MR) is 122 cm³/mol. The second kappa shape index (κ2) is 9.57. The van der Waals surface area contributed by atoms with Gasteiger partial charge in [0.15, 0.2) is 11.3 Å². The molecule has 2 aliphatic heterocycles. The molecule has 0 aliphatic carbocycles. The number of hydrogen-bond acceptors (Lipinski definition) is 8. The maximum Gasteiger partial charge on any atom is 0.352 e. The standard InChI is InChI=1S/C21H23N5O5S2/c1-11(2)25-10-22-24-21(25)33-9-13-8-32-19-14(18(29)26(19)15(13)20(30)31)23-17(28)16(27)12-6-4-3-5-7-12/h3-7,10-11,14,16,19,27H,8-9H2,1-2H3,(H,23,28)(H,30,31)/t14?,16?,19-/m0/s1. The van der Waals surface area contributed by atoms with E-state index < -0.39 is 35.3 Å². The van der Waals surface area contributed by atoms with E-state index in [-0.39, 0.29) is 11.7 Å². The number of fused-ring (bicyclic) bond motifs is 1. The molecule has 4 rings (SSSR count). The highest BCUT2D eigenvalue weighted by Gasteiger charge is 2.54. The van der Waals surface area contributed by atoms with Crippen LogP contribution < -0.4 is 5.32 Å². The number of thioether (sulfide) groups is 2. The van der Waals surface area contributed by atoms with E-state index in [4.69, 9.17) is 0 Å². The molecule has 3 N–H and O–H groups in total. The number of aromatic nitrogens is 3. The third-order valence-electron chi connectivity index (χ3n) is 5.38. The maximum atomic E-state index is 12.8. The van der Waals surface area contributed by atoms with E-state index in [1.165, 1.54) is 28.4 Å². The molecule has 1 aromatic carbocycles. The van der Waals surface area contributed by atoms with Gasteiger partial charge in [0.1, 0.15) is 23.4 Å². The Morgan fingerprint density at radius 3 is 2.70 bits per heavy atom. The monoisotopic (exact) mass is 489 g/mol. The average Bonchev–Trinajstić information content (AvgIpc) is 3.29. The highest BCUT2D eigenvalue weighted by atomic mass is 32.2. The molecular weight excluding hydrogens is 466 g/mol. The number of carboxylic acid groups (broad SMARTS) is 1. The van der Waals surface area contributed by atoms with Crippen LogP contribution in [0.25, 0.3) is 0 Å². The number of carbonyl (C=O) groups is 3. The van der Waals surface area contributed by atoms with Gasteiger partial charge in [-0.15, -0.1) is 22.0 Å². The number of rotatable bonds is 8. The van der Waals surface area contributed by atoms with E-state index in [0.29, 0.717) is 27.8 Å². The van der Waals surface area contributed by atoms with Crippen LogP contribution in [0.2, 0.25) is 0 Å². The quantitative estimate of drug-likeness (QED) is 0.371. The zero-order chi connectivity index (χ0) is 23.7. The lowest BCUT2D eigenvalue weighted by Crippen LogP contribution is -2.70. The van der Waals surface area contributed by atoms with Crippen molar-refractivity contribution in [1.29, 1.82) is 0 Å². The Morgan fingerprint density at radius 1 is 1.30 bits per heavy atom. The molecule has 12 heteroatoms. The van der Waals surface area contributed by atoms with Gasteiger partial charge < -0.3 is 20.1 Å². The van der Waals surface area contributed by atoms with Crippen molar-refractivity contribution < 1.29 is 24.6 Å². The molecule has 3 atom stereocenters. The summed E-state index contributed by atoms with van der Waals surface area (Å²) in [5.41, 5.74) is 0.963. The molecule has 33 heavy (non-hydrogen) atoms. The third-order valence-corrected chi connectivity index (χ3v) is 7.77. The third kappa shape index (κ3) is 4.50. The van der Waals surface area contributed by atoms with Gasteiger partial charge in [0.2, 0.25) is 0 Å². The van der Waals surface area contributed by atoms with Gasteiger partial charge in [-0.05, 0) is 25.0 Å². The second-order valence-electron chi connectivity index (χ2n) is 7.87. The van der Waals surface area contributed by atoms with E-state index in [1.54, 1.807) is 36.7 Å². The minimum atomic E-state index is -1.42. The molecule has 1 saturated heterocycles. The fourth-order valence-electron chi connectivity index (χ4n) is 3.65. The number of hydrogen-bond donors (Lipinski definition) is 3. The first kappa shape index (κ1) is 23.3. The number of nitrogens with one attached hydrogen (secondary N) is 1. The van der Waals surface area contributed by atoms with Crippen LogP contribution >= 0.6 is 23.5 Å². The Balaban J connectivity index is 1.46. The maximum absolute atomic E-state index is 12.8. The zero-order valence-electron chi connectivity index (χ0n) is 17.9. The molecule has 3 heterocycles. The fraction of sp³-hybridized carbons (Fsp3) is 0.381. The van der Waals surface area contributed by atoms with Crippen molar-refractivity contribution >= 4 is 41.3 Å². The van der Waals surface area contributed by atoms with Crippen molar-refractivity contribution in [3.63, 3.8) is 0 Å². The first-order valence-electron chi connectivity index (χ1n) is 10.2. The summed E-state index contributed by atoms with van der Waals surface area (Å²) < 4.78 is 1.89. The first-order chi connectivity index (χ1) is 15.8. The summed E-state index contributed by atoms with van der Waals surface area (Å²) >= 11 is 2.75. The van der Waals surface area contributed by atoms with Gasteiger partial charge in [0.05, 0.1) is 0 Å². The van der Waals surface area contributed by atoms with E-state index in [9.17, 15) is 24.6 Å². The molecule has 174 valence electrons. The smallest absolute Gasteiger partial charge is 0.352 e. The highest BCUT2D eigenvalue weighted by Crippen LogP contribution is 2.41. The summed E-state index contributed by atoms with van der Waals surface area (Å²) in [6.07, 6.45) is 0.211. The number of nitrogens with zero attached hydrogens (tertiary/aromatic N) is 4. The van der Waals surface area contributed by atoms with Gasteiger partial charge in [0, 0.05) is 17.5 Å². The lowest BCUT2D eigenvalue weighted by molar-refractivity contribution is -0.151. The first-order valence-corrected chi connectivity index (χ1v) is 12.3. The highest BCUT2D eigenvalue weighted by molar-refractivity contribution is 8.01. The Labute approximate surface area is 198 Å². The predicted octanol–water partition coefficient (Wildman–Crippen LogP) is 1.42. The molecule has 0 spiro atoms. The second-order valence-corrected chi connectivity index (χ2v) is 9.92. The van der Waals surface area contributed by atoms with Crippen LogP contribution in [0, 0.1) is 0 Å². The number of carboxylic acids is 1. The number of aliphatic hydroxyl groups is 1. The summed E-state index contributed by atoms with van der Waals surface area (Å²) in [4.78, 5) is 38.5. The molecule has 1 fully saturated rings. The van der Waals surface area contributed by atoms with Gasteiger partial charge in [-0.3, -0.25) is 14.5 Å². The summed E-state index contributed by atoms with van der Waals surface area (Å²) in [6.45, 7) is 4.00. The Hall–Kier alpha value is -2.83. The number of benzene rings is 1. The van der Waals surface area contributed by atoms with Gasteiger partial charge in [0.25, 0.3) is 11.8 Å². The normalized spacial score (nSPS) is 21.0. The van der Waals surface area contributed by atoms with E-state index in [0.717, 1.165) is 0 Å². The lowest BCUT2D eigenvalue weighted by atomic mass is 10.0. The summed E-state index contributed by atoms with van der Waals surface area (Å²) in [6, 6.07) is 7.66. The largest absolute Gasteiger partial charge is 0.477 e. The van der Waals surface area contributed by atoms with Crippen molar-refractivity contribution in [3.8, 4) is 0 Å². The van der Waals surface area contributed by atoms with Gasteiger partial charge >= 0.3 is 5.97 Å². The number of aliphatic carboxylic acids is 1. The Bertz CT molecular complexity index is 1100. The van der Waals surface area contributed by atoms with Gasteiger partial charge in [-0.2, -0.15) is 0 Å². The van der Waals surface area contributed by atoms with Crippen LogP contribution in [0.5, 0.6) is 0 Å². The van der Waals surface area contributed by atoms with E-state index in [2.05, 4.69) is 15.5 Å². The summed E-state index contributed by atoms with van der Waals surface area (Å²) in [5, 5.41) is 30.8. The fourth-order valence-corrected chi connectivity index (χ4v) is 6.18. The minimum Gasteiger partial charge on any atom is -0.477 e. The summed E-state index contributed by atoms with van der Waals surface area (Å²) in [7, 11) is 0. The number of aliphatic hydroxyl groups excluding tert-OH is 1. The molecule has 0 saturated carbocycles. The van der Waals surface area contributed by atoms with Gasteiger partial charge in [-0.1, -0.05) is 42.1 Å². The van der Waals surface area contributed by atoms with E-state index in [1.807, 2.05) is 18.4 Å². The van der Waals surface area contributed by atoms with Crippen molar-refractivity contribution in [1.82, 2.24) is 25.0 Å². The van der Waals surface area contributed by atoms with E-state index >= 15 is 0 Å². The molecule has 0 bridgehead atoms. The van der Waals surface area contributed by atoms with Crippen LogP contribution in [0.4, 0.5) is 0 Å². The van der Waals surface area contributed by atoms with Crippen LogP contribution in [-0.4, -0.2) is 70.6 Å². The molecule has 0 radical (unpaired) electrons. The Morgan fingerprint density at radius 2 is 2.03 bits per heavy atom. The lowest BCUT2D eigenvalue weighted by Gasteiger charge is -2.49. The number of amides is 2. The van der Waals surface area contributed by atoms with Crippen LogP contribution in [0.3, 0.4) is 0 Å².